The molecule has 0 saturated carbocycles. The lowest BCUT2D eigenvalue weighted by atomic mass is 10.4. The molecule has 0 radical (unpaired) electrons. The summed E-state index contributed by atoms with van der Waals surface area (Å²) in [6.45, 7) is 4.11. The van der Waals surface area contributed by atoms with Gasteiger partial charge in [0.15, 0.2) is 10.8 Å². The molecule has 2 heterocycles. The zero-order valence-electron chi connectivity index (χ0n) is 8.69. The van der Waals surface area contributed by atoms with Crippen molar-refractivity contribution in [3.63, 3.8) is 0 Å². The van der Waals surface area contributed by atoms with Crippen LogP contribution in [0.3, 0.4) is 0 Å². The third kappa shape index (κ3) is 2.67. The van der Waals surface area contributed by atoms with Crippen molar-refractivity contribution < 1.29 is 4.42 Å². The molecule has 0 spiro atoms. The molecule has 0 bridgehead atoms. The third-order valence-corrected chi connectivity index (χ3v) is 3.02. The number of thiazole rings is 1. The maximum Gasteiger partial charge on any atom is 0.162 e. The van der Waals surface area contributed by atoms with Crippen molar-refractivity contribution in [1.29, 1.82) is 0 Å². The van der Waals surface area contributed by atoms with E-state index in [1.54, 1.807) is 17.6 Å². The van der Waals surface area contributed by atoms with Crippen LogP contribution < -0.4 is 5.32 Å². The Kier molecular flexibility index (Phi) is 3.53. The first-order chi connectivity index (χ1) is 7.40. The van der Waals surface area contributed by atoms with E-state index in [2.05, 4.69) is 17.2 Å². The van der Waals surface area contributed by atoms with Gasteiger partial charge in [-0.15, -0.1) is 11.3 Å². The highest BCUT2D eigenvalue weighted by molar-refractivity contribution is 7.14. The van der Waals surface area contributed by atoms with E-state index >= 15 is 0 Å². The molecule has 0 unspecified atom stereocenters. The molecule has 80 valence electrons. The second-order valence-electron chi connectivity index (χ2n) is 3.29. The fraction of sp³-hybridized carbons (Fsp3) is 0.364. The first kappa shape index (κ1) is 10.4. The summed E-state index contributed by atoms with van der Waals surface area (Å²) in [4.78, 5) is 5.57. The Bertz CT molecular complexity index is 394. The average Bonchev–Trinajstić information content (AvgIpc) is 2.87. The SMILES string of the molecule is CCCNCc1cnc(-c2ccco2)s1. The van der Waals surface area contributed by atoms with Gasteiger partial charge in [-0.3, -0.25) is 0 Å². The molecule has 3 nitrogen and oxygen atoms in total. The van der Waals surface area contributed by atoms with Crippen molar-refractivity contribution >= 4 is 11.3 Å². The molecule has 2 rings (SSSR count). The van der Waals surface area contributed by atoms with Gasteiger partial charge in [0.05, 0.1) is 6.26 Å². The highest BCUT2D eigenvalue weighted by Gasteiger charge is 2.06. The van der Waals surface area contributed by atoms with E-state index < -0.39 is 0 Å². The molecule has 0 aliphatic rings. The van der Waals surface area contributed by atoms with Gasteiger partial charge in [-0.2, -0.15) is 0 Å². The first-order valence-electron chi connectivity index (χ1n) is 5.09. The number of nitrogens with zero attached hydrogens (tertiary/aromatic N) is 1. The molecule has 1 N–H and O–H groups in total. The molecule has 0 saturated heterocycles. The molecule has 0 aliphatic carbocycles. The van der Waals surface area contributed by atoms with Crippen LogP contribution in [-0.4, -0.2) is 11.5 Å². The molecule has 0 fully saturated rings. The fourth-order valence-electron chi connectivity index (χ4n) is 1.29. The van der Waals surface area contributed by atoms with E-state index in [0.29, 0.717) is 0 Å². The van der Waals surface area contributed by atoms with Gasteiger partial charge in [0.2, 0.25) is 0 Å². The van der Waals surface area contributed by atoms with Crippen molar-refractivity contribution in [2.24, 2.45) is 0 Å². The van der Waals surface area contributed by atoms with E-state index in [9.17, 15) is 0 Å². The van der Waals surface area contributed by atoms with Crippen molar-refractivity contribution in [3.8, 4) is 10.8 Å². The summed E-state index contributed by atoms with van der Waals surface area (Å²) in [5.74, 6) is 0.849. The summed E-state index contributed by atoms with van der Waals surface area (Å²) in [7, 11) is 0. The van der Waals surface area contributed by atoms with Gasteiger partial charge in [-0.1, -0.05) is 6.92 Å². The number of hydrogen-bond acceptors (Lipinski definition) is 4. The largest absolute Gasteiger partial charge is 0.462 e. The Morgan fingerprint density at radius 3 is 3.20 bits per heavy atom. The van der Waals surface area contributed by atoms with Gasteiger partial charge >= 0.3 is 0 Å². The van der Waals surface area contributed by atoms with E-state index in [0.717, 1.165) is 30.3 Å². The van der Waals surface area contributed by atoms with Gasteiger partial charge in [-0.05, 0) is 25.1 Å². The van der Waals surface area contributed by atoms with Crippen LogP contribution in [0.25, 0.3) is 10.8 Å². The minimum atomic E-state index is 0.849. The first-order valence-corrected chi connectivity index (χ1v) is 5.91. The fourth-order valence-corrected chi connectivity index (χ4v) is 2.14. The molecule has 2 aromatic heterocycles. The maximum absolute atomic E-state index is 5.29. The average molecular weight is 222 g/mol. The minimum Gasteiger partial charge on any atom is -0.462 e. The highest BCUT2D eigenvalue weighted by Crippen LogP contribution is 2.25. The standard InChI is InChI=1S/C11H14N2OS/c1-2-5-12-7-9-8-13-11(15-9)10-4-3-6-14-10/h3-4,6,8,12H,2,5,7H2,1H3. The van der Waals surface area contributed by atoms with E-state index in [4.69, 9.17) is 4.42 Å². The van der Waals surface area contributed by atoms with Crippen LogP contribution in [0.4, 0.5) is 0 Å². The molecule has 15 heavy (non-hydrogen) atoms. The second kappa shape index (κ2) is 5.09. The van der Waals surface area contributed by atoms with E-state index in [-0.39, 0.29) is 0 Å². The lowest BCUT2D eigenvalue weighted by Gasteiger charge is -1.97. The third-order valence-electron chi connectivity index (χ3n) is 2.01. The molecule has 0 atom stereocenters. The Hall–Kier alpha value is -1.13. The number of rotatable bonds is 5. The Balaban J connectivity index is 1.98. The molecule has 0 aliphatic heterocycles. The van der Waals surface area contributed by atoms with Crippen LogP contribution in [0.15, 0.2) is 29.0 Å². The lowest BCUT2D eigenvalue weighted by molar-refractivity contribution is 0.582. The van der Waals surface area contributed by atoms with Gasteiger partial charge in [-0.25, -0.2) is 4.98 Å². The van der Waals surface area contributed by atoms with Crippen molar-refractivity contribution in [2.45, 2.75) is 19.9 Å². The maximum atomic E-state index is 5.29. The predicted molar refractivity (Wildman–Crippen MR) is 61.8 cm³/mol. The summed E-state index contributed by atoms with van der Waals surface area (Å²) in [5.41, 5.74) is 0. The van der Waals surface area contributed by atoms with Crippen LogP contribution in [0, 0.1) is 0 Å². The summed E-state index contributed by atoms with van der Waals surface area (Å²) >= 11 is 1.67. The monoisotopic (exact) mass is 222 g/mol. The molecule has 4 heteroatoms. The predicted octanol–water partition coefficient (Wildman–Crippen LogP) is 2.90. The quantitative estimate of drug-likeness (QED) is 0.790. The Morgan fingerprint density at radius 2 is 2.47 bits per heavy atom. The van der Waals surface area contributed by atoms with Crippen LogP contribution in [0.5, 0.6) is 0 Å². The van der Waals surface area contributed by atoms with Crippen molar-refractivity contribution in [3.05, 3.63) is 29.5 Å². The number of nitrogens with one attached hydrogen (secondary N) is 1. The van der Waals surface area contributed by atoms with Crippen LogP contribution >= 0.6 is 11.3 Å². The lowest BCUT2D eigenvalue weighted by Crippen LogP contribution is -2.12. The van der Waals surface area contributed by atoms with Gasteiger partial charge in [0.1, 0.15) is 0 Å². The summed E-state index contributed by atoms with van der Waals surface area (Å²) in [6, 6.07) is 3.81. The smallest absolute Gasteiger partial charge is 0.162 e. The second-order valence-corrected chi connectivity index (χ2v) is 4.40. The van der Waals surface area contributed by atoms with Crippen molar-refractivity contribution in [1.82, 2.24) is 10.3 Å². The van der Waals surface area contributed by atoms with Gasteiger partial charge < -0.3 is 9.73 Å². The normalized spacial score (nSPS) is 10.7. The molecule has 0 amide bonds. The van der Waals surface area contributed by atoms with Crippen LogP contribution in [0.1, 0.15) is 18.2 Å². The number of hydrogen-bond donors (Lipinski definition) is 1. The zero-order chi connectivity index (χ0) is 10.5. The van der Waals surface area contributed by atoms with Gasteiger partial charge in [0.25, 0.3) is 0 Å². The van der Waals surface area contributed by atoms with E-state index in [1.807, 2.05) is 18.3 Å². The molecule has 0 aromatic carbocycles. The summed E-state index contributed by atoms with van der Waals surface area (Å²) in [6.07, 6.45) is 4.74. The molecular weight excluding hydrogens is 208 g/mol. The van der Waals surface area contributed by atoms with Gasteiger partial charge in [0, 0.05) is 17.6 Å². The highest BCUT2D eigenvalue weighted by atomic mass is 32.1. The summed E-state index contributed by atoms with van der Waals surface area (Å²) in [5, 5.41) is 4.30. The van der Waals surface area contributed by atoms with E-state index in [1.165, 1.54) is 4.88 Å². The number of furan rings is 1. The number of aromatic nitrogens is 1. The van der Waals surface area contributed by atoms with Crippen LogP contribution in [0.2, 0.25) is 0 Å². The van der Waals surface area contributed by atoms with Crippen LogP contribution in [-0.2, 0) is 6.54 Å². The Labute approximate surface area is 93.2 Å². The topological polar surface area (TPSA) is 38.1 Å². The molecular formula is C11H14N2OS. The summed E-state index contributed by atoms with van der Waals surface area (Å²) < 4.78 is 5.29. The molecule has 2 aromatic rings. The van der Waals surface area contributed by atoms with Crippen molar-refractivity contribution in [2.75, 3.05) is 6.54 Å². The minimum absolute atomic E-state index is 0.849. The Morgan fingerprint density at radius 1 is 1.53 bits per heavy atom. The zero-order valence-corrected chi connectivity index (χ0v) is 9.51.